The van der Waals surface area contributed by atoms with Crippen LogP contribution in [-0.2, 0) is 24.4 Å². The van der Waals surface area contributed by atoms with Crippen LogP contribution in [0.25, 0.3) is 33.6 Å². The standard InChI is InChI=1S/C36H36Cl2N8O4/c1-49-35-29(18-39-14-16-46-15-4-3-11-32(46)48)41-20-27(44-35)25-9-5-7-23(33(25)37)24-8-6-10-26(34(24)38)28-21-42-30(36(45-28)50-2)19-40-17-22-12-13-31(47)43-22/h3-11,15,20-22,39-40H,12-14,16-19H2,1-2H3,(H,43,47). The number of hydrogen-bond acceptors (Lipinski definition) is 10. The van der Waals surface area contributed by atoms with Crippen molar-refractivity contribution < 1.29 is 14.3 Å². The number of carbonyl (C=O) groups excluding carboxylic acids is 1. The van der Waals surface area contributed by atoms with Gasteiger partial charge in [0.1, 0.15) is 11.4 Å². The third-order valence-electron chi connectivity index (χ3n) is 8.34. The number of ether oxygens (including phenoxy) is 2. The van der Waals surface area contributed by atoms with Crippen LogP contribution in [0.4, 0.5) is 0 Å². The second kappa shape index (κ2) is 16.2. The van der Waals surface area contributed by atoms with Gasteiger partial charge in [-0.15, -0.1) is 0 Å². The summed E-state index contributed by atoms with van der Waals surface area (Å²) in [5, 5.41) is 10.5. The third kappa shape index (κ3) is 7.95. The zero-order valence-electron chi connectivity index (χ0n) is 27.6. The van der Waals surface area contributed by atoms with E-state index in [2.05, 4.69) is 25.9 Å². The first kappa shape index (κ1) is 35.0. The quantitative estimate of drug-likeness (QED) is 0.136. The van der Waals surface area contributed by atoms with E-state index in [0.717, 1.165) is 6.42 Å². The monoisotopic (exact) mass is 714 g/mol. The molecule has 0 saturated carbocycles. The maximum absolute atomic E-state index is 12.0. The van der Waals surface area contributed by atoms with Crippen LogP contribution in [0.1, 0.15) is 24.2 Å². The predicted molar refractivity (Wildman–Crippen MR) is 192 cm³/mol. The number of aromatic nitrogens is 5. The van der Waals surface area contributed by atoms with Crippen LogP contribution in [0.3, 0.4) is 0 Å². The van der Waals surface area contributed by atoms with Crippen molar-refractivity contribution in [1.82, 2.24) is 40.5 Å². The highest BCUT2D eigenvalue weighted by Crippen LogP contribution is 2.42. The summed E-state index contributed by atoms with van der Waals surface area (Å²) < 4.78 is 12.8. The van der Waals surface area contributed by atoms with Crippen LogP contribution < -0.4 is 31.0 Å². The number of methoxy groups -OCH3 is 2. The van der Waals surface area contributed by atoms with E-state index in [-0.39, 0.29) is 17.5 Å². The molecule has 5 aromatic rings. The van der Waals surface area contributed by atoms with E-state index in [4.69, 9.17) is 42.6 Å². The Morgan fingerprint density at radius 3 is 1.92 bits per heavy atom. The fraction of sp³-hybridized carbons (Fsp3) is 0.278. The summed E-state index contributed by atoms with van der Waals surface area (Å²) in [7, 11) is 3.09. The van der Waals surface area contributed by atoms with Gasteiger partial charge >= 0.3 is 0 Å². The van der Waals surface area contributed by atoms with Crippen molar-refractivity contribution in [3.8, 4) is 45.4 Å². The molecule has 1 saturated heterocycles. The molecular weight excluding hydrogens is 679 g/mol. The topological polar surface area (TPSA) is 145 Å². The smallest absolute Gasteiger partial charge is 0.250 e. The van der Waals surface area contributed by atoms with Crippen LogP contribution in [-0.4, -0.2) is 63.8 Å². The number of carbonyl (C=O) groups is 1. The van der Waals surface area contributed by atoms with Crippen LogP contribution in [0.5, 0.6) is 11.8 Å². The lowest BCUT2D eigenvalue weighted by atomic mass is 9.98. The highest BCUT2D eigenvalue weighted by molar-refractivity contribution is 6.39. The molecule has 4 heterocycles. The summed E-state index contributed by atoms with van der Waals surface area (Å²) in [6.45, 7) is 2.55. The molecule has 14 heteroatoms. The first-order chi connectivity index (χ1) is 24.4. The molecule has 1 aliphatic rings. The van der Waals surface area contributed by atoms with Crippen molar-refractivity contribution in [1.29, 1.82) is 0 Å². The number of rotatable bonds is 14. The molecule has 1 aliphatic heterocycles. The number of hydrogen-bond donors (Lipinski definition) is 3. The molecule has 0 spiro atoms. The van der Waals surface area contributed by atoms with Gasteiger partial charge in [0.05, 0.1) is 48.0 Å². The van der Waals surface area contributed by atoms with Gasteiger partial charge in [-0.2, -0.15) is 0 Å². The highest BCUT2D eigenvalue weighted by atomic mass is 35.5. The van der Waals surface area contributed by atoms with Crippen molar-refractivity contribution in [2.75, 3.05) is 27.3 Å². The van der Waals surface area contributed by atoms with Gasteiger partial charge in [-0.25, -0.2) is 9.97 Å². The van der Waals surface area contributed by atoms with Gasteiger partial charge in [0.2, 0.25) is 17.7 Å². The summed E-state index contributed by atoms with van der Waals surface area (Å²) in [6.07, 6.45) is 6.44. The summed E-state index contributed by atoms with van der Waals surface area (Å²) in [5.74, 6) is 0.823. The molecule has 0 radical (unpaired) electrons. The van der Waals surface area contributed by atoms with E-state index in [0.29, 0.717) is 106 Å². The number of pyridine rings is 1. The van der Waals surface area contributed by atoms with Crippen LogP contribution in [0.15, 0.2) is 78.0 Å². The van der Waals surface area contributed by atoms with Crippen molar-refractivity contribution in [3.63, 3.8) is 0 Å². The molecule has 50 heavy (non-hydrogen) atoms. The maximum Gasteiger partial charge on any atom is 0.250 e. The lowest BCUT2D eigenvalue weighted by Crippen LogP contribution is -2.35. The first-order valence-electron chi connectivity index (χ1n) is 16.1. The number of benzene rings is 2. The minimum absolute atomic E-state index is 0.0521. The maximum atomic E-state index is 12.0. The Kier molecular flexibility index (Phi) is 11.3. The summed E-state index contributed by atoms with van der Waals surface area (Å²) in [5.41, 5.74) is 5.04. The van der Waals surface area contributed by atoms with E-state index >= 15 is 0 Å². The molecule has 0 bridgehead atoms. The fourth-order valence-electron chi connectivity index (χ4n) is 5.75. The SMILES string of the molecule is COc1nc(-c2cccc(-c3cccc(-c4cnc(CNCC5CCC(=O)N5)c(OC)n4)c3Cl)c2Cl)cnc1CNCCn1ccccc1=O. The Morgan fingerprint density at radius 1 is 0.800 bits per heavy atom. The molecule has 1 unspecified atom stereocenters. The summed E-state index contributed by atoms with van der Waals surface area (Å²) in [4.78, 5) is 42.1. The zero-order valence-corrected chi connectivity index (χ0v) is 29.1. The van der Waals surface area contributed by atoms with E-state index in [1.807, 2.05) is 42.5 Å². The lowest BCUT2D eigenvalue weighted by molar-refractivity contribution is -0.119. The van der Waals surface area contributed by atoms with E-state index in [9.17, 15) is 9.59 Å². The molecule has 0 aliphatic carbocycles. The average molecular weight is 716 g/mol. The van der Waals surface area contributed by atoms with Gasteiger partial charge in [-0.1, -0.05) is 65.7 Å². The Labute approximate surface area is 299 Å². The Balaban J connectivity index is 1.19. The number of nitrogens with zero attached hydrogens (tertiary/aromatic N) is 5. The van der Waals surface area contributed by atoms with Crippen molar-refractivity contribution >= 4 is 29.1 Å². The molecule has 258 valence electrons. The van der Waals surface area contributed by atoms with Gasteiger partial charge in [0.15, 0.2) is 0 Å². The Morgan fingerprint density at radius 2 is 1.38 bits per heavy atom. The Bertz CT molecular complexity index is 2060. The highest BCUT2D eigenvalue weighted by Gasteiger charge is 2.21. The molecular formula is C36H36Cl2N8O4. The van der Waals surface area contributed by atoms with Crippen molar-refractivity contribution in [3.05, 3.63) is 105 Å². The molecule has 1 fully saturated rings. The van der Waals surface area contributed by atoms with E-state index in [1.165, 1.54) is 6.07 Å². The van der Waals surface area contributed by atoms with Crippen LogP contribution in [0.2, 0.25) is 10.0 Å². The van der Waals surface area contributed by atoms with Crippen LogP contribution in [0, 0.1) is 0 Å². The minimum atomic E-state index is -0.0521. The molecule has 3 N–H and O–H groups in total. The molecule has 1 atom stereocenters. The number of halogens is 2. The summed E-state index contributed by atoms with van der Waals surface area (Å²) in [6, 6.07) is 16.5. The second-order valence-corrected chi connectivity index (χ2v) is 12.4. The van der Waals surface area contributed by atoms with Crippen LogP contribution >= 0.6 is 23.2 Å². The predicted octanol–water partition coefficient (Wildman–Crippen LogP) is 4.91. The lowest BCUT2D eigenvalue weighted by Gasteiger charge is -2.15. The average Bonchev–Trinajstić information content (AvgIpc) is 3.55. The molecule has 2 aromatic carbocycles. The van der Waals surface area contributed by atoms with Crippen molar-refractivity contribution in [2.24, 2.45) is 0 Å². The van der Waals surface area contributed by atoms with E-state index in [1.54, 1.807) is 43.4 Å². The minimum Gasteiger partial charge on any atom is -0.480 e. The van der Waals surface area contributed by atoms with Gasteiger partial charge in [0.25, 0.3) is 5.56 Å². The summed E-state index contributed by atoms with van der Waals surface area (Å²) >= 11 is 14.1. The normalized spacial score (nSPS) is 14.1. The molecule has 3 aromatic heterocycles. The third-order valence-corrected chi connectivity index (χ3v) is 9.15. The second-order valence-electron chi connectivity index (χ2n) is 11.6. The molecule has 12 nitrogen and oxygen atoms in total. The molecule has 6 rings (SSSR count). The number of nitrogens with one attached hydrogen (secondary N) is 3. The largest absolute Gasteiger partial charge is 0.480 e. The van der Waals surface area contributed by atoms with E-state index < -0.39 is 0 Å². The van der Waals surface area contributed by atoms with Gasteiger partial charge < -0.3 is 30.0 Å². The Hall–Kier alpha value is -4.88. The zero-order chi connectivity index (χ0) is 35.0. The number of amides is 1. The molecule has 1 amide bonds. The fourth-order valence-corrected chi connectivity index (χ4v) is 6.39. The van der Waals surface area contributed by atoms with Gasteiger partial charge in [0, 0.05) is 79.7 Å². The van der Waals surface area contributed by atoms with Crippen molar-refractivity contribution in [2.45, 2.75) is 38.5 Å². The first-order valence-corrected chi connectivity index (χ1v) is 16.9. The van der Waals surface area contributed by atoms with Gasteiger partial charge in [-0.3, -0.25) is 19.6 Å². The van der Waals surface area contributed by atoms with Gasteiger partial charge in [-0.05, 0) is 12.5 Å².